The largest absolute Gasteiger partial charge is 0.364 e. The maximum Gasteiger partial charge on any atom is 0.231 e. The van der Waals surface area contributed by atoms with Crippen molar-refractivity contribution in [3.05, 3.63) is 66.7 Å². The third kappa shape index (κ3) is 4.36. The number of carbonyl (C=O) groups excluding carboxylic acids is 1. The Morgan fingerprint density at radius 2 is 1.94 bits per heavy atom. The van der Waals surface area contributed by atoms with Gasteiger partial charge in [0, 0.05) is 38.8 Å². The smallest absolute Gasteiger partial charge is 0.231 e. The standard InChI is InChI=1S/C23H24N8O/c32-19-9-5-11-30(19)12-13-31-16-26-20-21(25-14-17-6-2-1-3-7-17)28-23(29-22(20)31)27-18-8-4-10-24-15-18/h1-4,6-8,10,15-16H,5,9,11-14H2,(H2,25,27,28,29). The van der Waals surface area contributed by atoms with Crippen LogP contribution in [0.5, 0.6) is 0 Å². The predicted octanol–water partition coefficient (Wildman–Crippen LogP) is 3.20. The van der Waals surface area contributed by atoms with Gasteiger partial charge in [-0.1, -0.05) is 30.3 Å². The molecule has 0 aliphatic carbocycles. The molecule has 1 saturated heterocycles. The van der Waals surface area contributed by atoms with Crippen molar-refractivity contribution in [3.63, 3.8) is 0 Å². The molecule has 0 unspecified atom stereocenters. The molecule has 4 heterocycles. The zero-order valence-electron chi connectivity index (χ0n) is 17.6. The minimum Gasteiger partial charge on any atom is -0.364 e. The van der Waals surface area contributed by atoms with Crippen LogP contribution < -0.4 is 10.6 Å². The van der Waals surface area contributed by atoms with E-state index in [0.717, 1.165) is 24.2 Å². The average Bonchev–Trinajstić information content (AvgIpc) is 3.43. The van der Waals surface area contributed by atoms with E-state index < -0.39 is 0 Å². The van der Waals surface area contributed by atoms with E-state index in [1.807, 2.05) is 39.8 Å². The van der Waals surface area contributed by atoms with Crippen LogP contribution in [-0.4, -0.2) is 48.4 Å². The summed E-state index contributed by atoms with van der Waals surface area (Å²) in [5.41, 5.74) is 3.36. The van der Waals surface area contributed by atoms with Crippen LogP contribution in [0.25, 0.3) is 11.2 Å². The van der Waals surface area contributed by atoms with Crippen molar-refractivity contribution in [1.29, 1.82) is 0 Å². The molecule has 0 radical (unpaired) electrons. The zero-order valence-corrected chi connectivity index (χ0v) is 17.6. The minimum atomic E-state index is 0.216. The first-order valence-electron chi connectivity index (χ1n) is 10.7. The molecule has 3 aromatic heterocycles. The molecule has 1 aliphatic heterocycles. The number of fused-ring (bicyclic) bond motifs is 1. The van der Waals surface area contributed by atoms with Crippen molar-refractivity contribution in [1.82, 2.24) is 29.4 Å². The minimum absolute atomic E-state index is 0.216. The number of amides is 1. The fourth-order valence-electron chi connectivity index (χ4n) is 3.80. The van der Waals surface area contributed by atoms with E-state index in [4.69, 9.17) is 4.98 Å². The van der Waals surface area contributed by atoms with Crippen LogP contribution in [0.2, 0.25) is 0 Å². The lowest BCUT2D eigenvalue weighted by Crippen LogP contribution is -2.28. The number of aromatic nitrogens is 5. The number of nitrogens with one attached hydrogen (secondary N) is 2. The first-order chi connectivity index (χ1) is 15.8. The van der Waals surface area contributed by atoms with E-state index in [-0.39, 0.29) is 5.91 Å². The van der Waals surface area contributed by atoms with Gasteiger partial charge in [0.1, 0.15) is 0 Å². The molecule has 5 rings (SSSR count). The molecule has 2 N–H and O–H groups in total. The van der Waals surface area contributed by atoms with Gasteiger partial charge in [0.15, 0.2) is 17.0 Å². The van der Waals surface area contributed by atoms with E-state index in [0.29, 0.717) is 49.0 Å². The van der Waals surface area contributed by atoms with Crippen LogP contribution in [0.1, 0.15) is 18.4 Å². The SMILES string of the molecule is O=C1CCCN1CCn1cnc2c(NCc3ccccc3)nc(Nc3cccnc3)nc21. The van der Waals surface area contributed by atoms with Gasteiger partial charge < -0.3 is 20.1 Å². The number of hydrogen-bond acceptors (Lipinski definition) is 7. The Morgan fingerprint density at radius 3 is 2.72 bits per heavy atom. The van der Waals surface area contributed by atoms with Crippen LogP contribution >= 0.6 is 0 Å². The quantitative estimate of drug-likeness (QED) is 0.444. The molecule has 1 aromatic carbocycles. The summed E-state index contributed by atoms with van der Waals surface area (Å²) < 4.78 is 1.98. The summed E-state index contributed by atoms with van der Waals surface area (Å²) in [6.45, 7) is 2.71. The third-order valence-corrected chi connectivity index (χ3v) is 5.47. The normalized spacial score (nSPS) is 13.6. The van der Waals surface area contributed by atoms with Crippen LogP contribution in [0.3, 0.4) is 0 Å². The summed E-state index contributed by atoms with van der Waals surface area (Å²) >= 11 is 0. The maximum atomic E-state index is 12.0. The van der Waals surface area contributed by atoms with Gasteiger partial charge in [0.2, 0.25) is 11.9 Å². The number of anilines is 3. The van der Waals surface area contributed by atoms with Crippen molar-refractivity contribution >= 4 is 34.5 Å². The van der Waals surface area contributed by atoms with Gasteiger partial charge in [-0.2, -0.15) is 9.97 Å². The van der Waals surface area contributed by atoms with E-state index in [1.54, 1.807) is 18.7 Å². The van der Waals surface area contributed by atoms with Crippen LogP contribution in [0.4, 0.5) is 17.5 Å². The average molecular weight is 429 g/mol. The maximum absolute atomic E-state index is 12.0. The molecule has 0 saturated carbocycles. The zero-order chi connectivity index (χ0) is 21.8. The monoisotopic (exact) mass is 428 g/mol. The lowest BCUT2D eigenvalue weighted by Gasteiger charge is -2.16. The molecular formula is C23H24N8O. The van der Waals surface area contributed by atoms with Gasteiger partial charge in [-0.15, -0.1) is 0 Å². The van der Waals surface area contributed by atoms with Gasteiger partial charge in [-0.05, 0) is 24.1 Å². The molecule has 4 aromatic rings. The number of rotatable bonds is 8. The summed E-state index contributed by atoms with van der Waals surface area (Å²) in [5.74, 6) is 1.33. The highest BCUT2D eigenvalue weighted by Crippen LogP contribution is 2.23. The fourth-order valence-corrected chi connectivity index (χ4v) is 3.80. The van der Waals surface area contributed by atoms with Gasteiger partial charge in [-0.25, -0.2) is 4.98 Å². The van der Waals surface area contributed by atoms with Crippen molar-refractivity contribution < 1.29 is 4.79 Å². The Kier molecular flexibility index (Phi) is 5.61. The molecule has 0 atom stereocenters. The summed E-state index contributed by atoms with van der Waals surface area (Å²) in [6.07, 6.45) is 6.77. The Bertz CT molecular complexity index is 1210. The number of nitrogens with zero attached hydrogens (tertiary/aromatic N) is 6. The fraction of sp³-hybridized carbons (Fsp3) is 0.261. The third-order valence-electron chi connectivity index (χ3n) is 5.47. The van der Waals surface area contributed by atoms with Crippen LogP contribution in [-0.2, 0) is 17.9 Å². The molecule has 32 heavy (non-hydrogen) atoms. The molecule has 9 nitrogen and oxygen atoms in total. The van der Waals surface area contributed by atoms with Crippen molar-refractivity contribution in [2.45, 2.75) is 25.9 Å². The van der Waals surface area contributed by atoms with Crippen molar-refractivity contribution in [3.8, 4) is 0 Å². The van der Waals surface area contributed by atoms with Gasteiger partial charge in [0.05, 0.1) is 18.2 Å². The summed E-state index contributed by atoms with van der Waals surface area (Å²) in [4.78, 5) is 32.0. The second-order valence-corrected chi connectivity index (χ2v) is 7.70. The number of imidazole rings is 1. The Balaban J connectivity index is 1.44. The first kappa shape index (κ1) is 19.9. The summed E-state index contributed by atoms with van der Waals surface area (Å²) in [5, 5.41) is 6.63. The van der Waals surface area contributed by atoms with Crippen LogP contribution in [0.15, 0.2) is 61.2 Å². The first-order valence-corrected chi connectivity index (χ1v) is 10.7. The molecule has 9 heteroatoms. The number of pyridine rings is 1. The van der Waals surface area contributed by atoms with E-state index >= 15 is 0 Å². The Morgan fingerprint density at radius 1 is 1.03 bits per heavy atom. The summed E-state index contributed by atoms with van der Waals surface area (Å²) in [7, 11) is 0. The van der Waals surface area contributed by atoms with Crippen molar-refractivity contribution in [2.24, 2.45) is 0 Å². The molecule has 1 aliphatic rings. The Labute approximate surface area is 185 Å². The van der Waals surface area contributed by atoms with E-state index in [2.05, 4.69) is 37.7 Å². The number of likely N-dealkylation sites (tertiary alicyclic amines) is 1. The highest BCUT2D eigenvalue weighted by molar-refractivity contribution is 5.84. The Hall–Kier alpha value is -4.01. The van der Waals surface area contributed by atoms with E-state index in [1.165, 1.54) is 0 Å². The lowest BCUT2D eigenvalue weighted by molar-refractivity contribution is -0.127. The molecule has 0 spiro atoms. The topological polar surface area (TPSA) is 101 Å². The highest BCUT2D eigenvalue weighted by atomic mass is 16.2. The molecule has 1 amide bonds. The second-order valence-electron chi connectivity index (χ2n) is 7.70. The van der Waals surface area contributed by atoms with Gasteiger partial charge >= 0.3 is 0 Å². The van der Waals surface area contributed by atoms with Crippen LogP contribution in [0, 0.1) is 0 Å². The molecule has 162 valence electrons. The van der Waals surface area contributed by atoms with Gasteiger partial charge in [-0.3, -0.25) is 9.78 Å². The van der Waals surface area contributed by atoms with Gasteiger partial charge in [0.25, 0.3) is 0 Å². The highest BCUT2D eigenvalue weighted by Gasteiger charge is 2.20. The molecule has 0 bridgehead atoms. The number of hydrogen-bond donors (Lipinski definition) is 2. The summed E-state index contributed by atoms with van der Waals surface area (Å²) in [6, 6.07) is 13.9. The van der Waals surface area contributed by atoms with Crippen molar-refractivity contribution in [2.75, 3.05) is 23.7 Å². The second kappa shape index (κ2) is 9.01. The lowest BCUT2D eigenvalue weighted by atomic mass is 10.2. The molecule has 1 fully saturated rings. The predicted molar refractivity (Wildman–Crippen MR) is 122 cm³/mol. The van der Waals surface area contributed by atoms with E-state index in [9.17, 15) is 4.79 Å². The molecular weight excluding hydrogens is 404 g/mol. The number of carbonyl (C=O) groups is 1. The number of benzene rings is 1.